The minimum absolute atomic E-state index is 0.240. The first-order chi connectivity index (χ1) is 12.3. The number of hydrogen-bond donors (Lipinski definition) is 1. The van der Waals surface area contributed by atoms with Gasteiger partial charge in [-0.15, -0.1) is 0 Å². The molecule has 0 heterocycles. The highest BCUT2D eigenvalue weighted by atomic mass is 16.2. The number of rotatable bonds is 5. The molecule has 0 unspecified atom stereocenters. The molecule has 0 fully saturated rings. The maximum Gasteiger partial charge on any atom is 0.271 e. The summed E-state index contributed by atoms with van der Waals surface area (Å²) in [6.45, 7) is 3.73. The van der Waals surface area contributed by atoms with Gasteiger partial charge in [0.25, 0.3) is 5.91 Å². The topological polar surface area (TPSA) is 41.5 Å². The summed E-state index contributed by atoms with van der Waals surface area (Å²) in [6, 6.07) is 25.2. The van der Waals surface area contributed by atoms with Gasteiger partial charge in [0.15, 0.2) is 0 Å². The van der Waals surface area contributed by atoms with Crippen molar-refractivity contribution in [3.8, 4) is 11.1 Å². The van der Waals surface area contributed by atoms with Crippen LogP contribution >= 0.6 is 0 Å². The monoisotopic (exact) mass is 326 g/mol. The molecular weight excluding hydrogens is 308 g/mol. The Bertz CT molecular complexity index is 897. The molecule has 0 aliphatic carbocycles. The lowest BCUT2D eigenvalue weighted by Crippen LogP contribution is -2.17. The van der Waals surface area contributed by atoms with Crippen molar-refractivity contribution in [1.82, 2.24) is 5.43 Å². The summed E-state index contributed by atoms with van der Waals surface area (Å²) < 4.78 is 0. The van der Waals surface area contributed by atoms with Crippen molar-refractivity contribution >= 4 is 18.2 Å². The normalized spacial score (nSPS) is 10.6. The lowest BCUT2D eigenvalue weighted by Gasteiger charge is -2.03. The first-order valence-electron chi connectivity index (χ1n) is 7.97. The van der Waals surface area contributed by atoms with E-state index in [0.717, 1.165) is 22.3 Å². The minimum Gasteiger partial charge on any atom is -0.267 e. The Morgan fingerprint density at radius 1 is 0.840 bits per heavy atom. The van der Waals surface area contributed by atoms with E-state index in [2.05, 4.69) is 17.1 Å². The molecule has 25 heavy (non-hydrogen) atoms. The highest BCUT2D eigenvalue weighted by molar-refractivity contribution is 5.95. The van der Waals surface area contributed by atoms with Crippen LogP contribution in [0.4, 0.5) is 0 Å². The number of nitrogens with zero attached hydrogens (tertiary/aromatic N) is 1. The summed E-state index contributed by atoms with van der Waals surface area (Å²) in [5.41, 5.74) is 7.21. The van der Waals surface area contributed by atoms with Gasteiger partial charge >= 0.3 is 0 Å². The molecule has 0 radical (unpaired) electrons. The van der Waals surface area contributed by atoms with Gasteiger partial charge in [-0.2, -0.15) is 5.10 Å². The van der Waals surface area contributed by atoms with E-state index in [0.29, 0.717) is 5.56 Å². The molecule has 3 aromatic rings. The van der Waals surface area contributed by atoms with Crippen molar-refractivity contribution in [2.24, 2.45) is 5.10 Å². The summed E-state index contributed by atoms with van der Waals surface area (Å²) in [5, 5.41) is 4.02. The zero-order valence-corrected chi connectivity index (χ0v) is 13.7. The molecule has 0 aliphatic heterocycles. The zero-order chi connectivity index (χ0) is 17.5. The van der Waals surface area contributed by atoms with Gasteiger partial charge in [0.05, 0.1) is 6.21 Å². The van der Waals surface area contributed by atoms with Gasteiger partial charge in [-0.05, 0) is 40.5 Å². The third-order valence-electron chi connectivity index (χ3n) is 3.78. The predicted octanol–water partition coefficient (Wildman–Crippen LogP) is 4.76. The number of nitrogens with one attached hydrogen (secondary N) is 1. The number of amides is 1. The fourth-order valence-corrected chi connectivity index (χ4v) is 2.44. The number of hydrogen-bond acceptors (Lipinski definition) is 2. The molecule has 0 bridgehead atoms. The van der Waals surface area contributed by atoms with E-state index in [4.69, 9.17) is 0 Å². The van der Waals surface area contributed by atoms with Gasteiger partial charge in [-0.1, -0.05) is 73.3 Å². The van der Waals surface area contributed by atoms with Crippen LogP contribution in [0, 0.1) is 0 Å². The van der Waals surface area contributed by atoms with Gasteiger partial charge in [0, 0.05) is 5.56 Å². The Hall–Kier alpha value is -3.46. The van der Waals surface area contributed by atoms with Crippen LogP contribution in [0.5, 0.6) is 0 Å². The van der Waals surface area contributed by atoms with E-state index in [1.165, 1.54) is 0 Å². The Morgan fingerprint density at radius 3 is 2.24 bits per heavy atom. The van der Waals surface area contributed by atoms with Crippen LogP contribution in [0.1, 0.15) is 21.5 Å². The van der Waals surface area contributed by atoms with Crippen LogP contribution in [0.15, 0.2) is 90.5 Å². The molecule has 122 valence electrons. The zero-order valence-electron chi connectivity index (χ0n) is 13.7. The lowest BCUT2D eigenvalue weighted by atomic mass is 10.0. The van der Waals surface area contributed by atoms with Crippen LogP contribution in [-0.2, 0) is 0 Å². The van der Waals surface area contributed by atoms with Gasteiger partial charge in [-0.25, -0.2) is 5.43 Å². The maximum absolute atomic E-state index is 12.2. The lowest BCUT2D eigenvalue weighted by molar-refractivity contribution is 0.0955. The third-order valence-corrected chi connectivity index (χ3v) is 3.78. The Kier molecular flexibility index (Phi) is 5.17. The highest BCUT2D eigenvalue weighted by Gasteiger charge is 2.04. The van der Waals surface area contributed by atoms with Crippen molar-refractivity contribution in [2.45, 2.75) is 0 Å². The molecule has 3 nitrogen and oxygen atoms in total. The van der Waals surface area contributed by atoms with Crippen molar-refractivity contribution in [1.29, 1.82) is 0 Å². The van der Waals surface area contributed by atoms with Crippen LogP contribution in [-0.4, -0.2) is 12.1 Å². The summed E-state index contributed by atoms with van der Waals surface area (Å²) in [6.07, 6.45) is 3.38. The standard InChI is InChI=1S/C22H18N2O/c1-2-17-7-6-8-18(15-17)16-23-24-22(25)21-13-11-20(12-14-21)19-9-4-3-5-10-19/h2-16H,1H2,(H,24,25)/b23-16+. The van der Waals surface area contributed by atoms with Crippen molar-refractivity contribution in [2.75, 3.05) is 0 Å². The van der Waals surface area contributed by atoms with Crippen molar-refractivity contribution in [3.63, 3.8) is 0 Å². The fraction of sp³-hybridized carbons (Fsp3) is 0. The Labute approximate surface area is 147 Å². The van der Waals surface area contributed by atoms with E-state index < -0.39 is 0 Å². The van der Waals surface area contributed by atoms with E-state index in [1.807, 2.05) is 66.7 Å². The molecule has 0 spiro atoms. The van der Waals surface area contributed by atoms with E-state index >= 15 is 0 Å². The molecule has 0 aliphatic rings. The summed E-state index contributed by atoms with van der Waals surface area (Å²) in [7, 11) is 0. The fourth-order valence-electron chi connectivity index (χ4n) is 2.44. The summed E-state index contributed by atoms with van der Waals surface area (Å²) in [4.78, 5) is 12.2. The molecule has 1 N–H and O–H groups in total. The third kappa shape index (κ3) is 4.30. The van der Waals surface area contributed by atoms with Crippen LogP contribution in [0.2, 0.25) is 0 Å². The maximum atomic E-state index is 12.2. The summed E-state index contributed by atoms with van der Waals surface area (Å²) in [5.74, 6) is -0.240. The minimum atomic E-state index is -0.240. The molecule has 0 saturated heterocycles. The second-order valence-electron chi connectivity index (χ2n) is 5.52. The number of carbonyl (C=O) groups is 1. The van der Waals surface area contributed by atoms with Crippen molar-refractivity contribution < 1.29 is 4.79 Å². The first-order valence-corrected chi connectivity index (χ1v) is 7.97. The van der Waals surface area contributed by atoms with Gasteiger partial charge in [0.2, 0.25) is 0 Å². The summed E-state index contributed by atoms with van der Waals surface area (Å²) >= 11 is 0. The van der Waals surface area contributed by atoms with E-state index in [9.17, 15) is 4.79 Å². The Balaban J connectivity index is 1.65. The van der Waals surface area contributed by atoms with Crippen LogP contribution in [0.3, 0.4) is 0 Å². The van der Waals surface area contributed by atoms with E-state index in [1.54, 1.807) is 24.4 Å². The number of carbonyl (C=O) groups excluding carboxylic acids is 1. The van der Waals surface area contributed by atoms with Gasteiger partial charge < -0.3 is 0 Å². The quantitative estimate of drug-likeness (QED) is 0.533. The van der Waals surface area contributed by atoms with Crippen LogP contribution in [0.25, 0.3) is 17.2 Å². The average Bonchev–Trinajstić information content (AvgIpc) is 2.69. The second kappa shape index (κ2) is 7.88. The van der Waals surface area contributed by atoms with Gasteiger partial charge in [0.1, 0.15) is 0 Å². The first kappa shape index (κ1) is 16.4. The average molecular weight is 326 g/mol. The van der Waals surface area contributed by atoms with Crippen LogP contribution < -0.4 is 5.43 Å². The number of hydrazone groups is 1. The van der Waals surface area contributed by atoms with E-state index in [-0.39, 0.29) is 5.91 Å². The highest BCUT2D eigenvalue weighted by Crippen LogP contribution is 2.19. The Morgan fingerprint density at radius 2 is 1.52 bits per heavy atom. The molecule has 0 atom stereocenters. The largest absolute Gasteiger partial charge is 0.271 e. The number of benzene rings is 3. The molecule has 3 aromatic carbocycles. The molecule has 0 aromatic heterocycles. The molecule has 3 rings (SSSR count). The predicted molar refractivity (Wildman–Crippen MR) is 103 cm³/mol. The molecule has 0 saturated carbocycles. The second-order valence-corrected chi connectivity index (χ2v) is 5.52. The SMILES string of the molecule is C=Cc1cccc(/C=N/NC(=O)c2ccc(-c3ccccc3)cc2)c1. The molecular formula is C22H18N2O. The molecule has 1 amide bonds. The smallest absolute Gasteiger partial charge is 0.267 e. The van der Waals surface area contributed by atoms with Crippen molar-refractivity contribution in [3.05, 3.63) is 102 Å². The van der Waals surface area contributed by atoms with Gasteiger partial charge in [-0.3, -0.25) is 4.79 Å². The molecule has 3 heteroatoms.